The number of hydrogen-bond acceptors (Lipinski definition) is 7. The maximum absolute atomic E-state index is 10.1. The van der Waals surface area contributed by atoms with Crippen LogP contribution in [0.1, 0.15) is 11.3 Å². The van der Waals surface area contributed by atoms with E-state index < -0.39 is 0 Å². The van der Waals surface area contributed by atoms with Crippen LogP contribution in [0.15, 0.2) is 52.7 Å². The first-order valence-corrected chi connectivity index (χ1v) is 7.89. The number of aromatic nitrogens is 2. The first kappa shape index (κ1) is 17.9. The minimum Gasteiger partial charge on any atom is -0.493 e. The Kier molecular flexibility index (Phi) is 5.02. The lowest BCUT2D eigenvalue weighted by molar-refractivity contribution is 0.183. The molecule has 0 atom stereocenters. The first-order valence-electron chi connectivity index (χ1n) is 7.89. The fraction of sp³-hybridized carbons (Fsp3) is 0.111. The summed E-state index contributed by atoms with van der Waals surface area (Å²) in [4.78, 5) is 4.28. The predicted octanol–water partition coefficient (Wildman–Crippen LogP) is 1.51. The van der Waals surface area contributed by atoms with E-state index in [1.165, 1.54) is 6.21 Å². The summed E-state index contributed by atoms with van der Waals surface area (Å²) in [7, 11) is 3.10. The van der Waals surface area contributed by atoms with Gasteiger partial charge < -0.3 is 20.4 Å². The Balaban J connectivity index is 1.92. The van der Waals surface area contributed by atoms with Crippen LogP contribution in [0.4, 0.5) is 0 Å². The summed E-state index contributed by atoms with van der Waals surface area (Å²) in [6.07, 6.45) is 1.48. The van der Waals surface area contributed by atoms with Gasteiger partial charge in [0, 0.05) is 0 Å². The second-order valence-electron chi connectivity index (χ2n) is 5.45. The Hall–Kier alpha value is -3.88. The van der Waals surface area contributed by atoms with Crippen molar-refractivity contribution in [3.63, 3.8) is 0 Å². The molecule has 0 amide bonds. The van der Waals surface area contributed by atoms with Crippen molar-refractivity contribution in [3.8, 4) is 11.5 Å². The summed E-state index contributed by atoms with van der Waals surface area (Å²) in [5, 5.41) is 25.9. The molecule has 0 aliphatic carbocycles. The number of rotatable bonds is 5. The van der Waals surface area contributed by atoms with E-state index in [0.29, 0.717) is 27.3 Å². The van der Waals surface area contributed by atoms with Gasteiger partial charge in [0.15, 0.2) is 28.5 Å². The zero-order valence-electron chi connectivity index (χ0n) is 14.7. The second kappa shape index (κ2) is 7.56. The van der Waals surface area contributed by atoms with E-state index in [1.807, 2.05) is 0 Å². The molecule has 3 rings (SSSR count). The highest BCUT2D eigenvalue weighted by Crippen LogP contribution is 2.26. The molecule has 0 radical (unpaired) electrons. The van der Waals surface area contributed by atoms with E-state index in [4.69, 9.17) is 20.6 Å². The summed E-state index contributed by atoms with van der Waals surface area (Å²) in [5.41, 5.74) is 7.25. The number of nitrogens with zero attached hydrogens (tertiary/aromatic N) is 4. The molecule has 9 nitrogen and oxygen atoms in total. The molecule has 0 unspecified atom stereocenters. The Labute approximate surface area is 154 Å². The van der Waals surface area contributed by atoms with Crippen molar-refractivity contribution >= 4 is 23.1 Å². The van der Waals surface area contributed by atoms with E-state index >= 15 is 0 Å². The summed E-state index contributed by atoms with van der Waals surface area (Å²) in [6.45, 7) is 0. The van der Waals surface area contributed by atoms with Crippen LogP contribution in [-0.2, 0) is 0 Å². The maximum atomic E-state index is 10.1. The van der Waals surface area contributed by atoms with Gasteiger partial charge in [0.05, 0.1) is 26.0 Å². The number of methoxy groups -OCH3 is 2. The number of fused-ring (bicyclic) bond motifs is 1. The molecular weight excluding hydrogens is 348 g/mol. The van der Waals surface area contributed by atoms with Crippen molar-refractivity contribution in [2.75, 3.05) is 14.2 Å². The number of benzene rings is 2. The fourth-order valence-corrected chi connectivity index (χ4v) is 2.45. The highest BCUT2D eigenvalue weighted by Gasteiger charge is 2.10. The average Bonchev–Trinajstić information content (AvgIpc) is 2.70. The smallest absolute Gasteiger partial charge is 0.191 e. The molecule has 0 spiro atoms. The lowest BCUT2D eigenvalue weighted by Crippen LogP contribution is -2.31. The molecule has 27 heavy (non-hydrogen) atoms. The third-order valence-corrected chi connectivity index (χ3v) is 3.80. The minimum absolute atomic E-state index is 0.0284. The quantitative estimate of drug-likeness (QED) is 0.273. The highest BCUT2D eigenvalue weighted by molar-refractivity contribution is 5.97. The summed E-state index contributed by atoms with van der Waals surface area (Å²) in [5.74, 6) is 1.07. The van der Waals surface area contributed by atoms with Crippen LogP contribution < -0.4 is 20.7 Å². The number of nitrogens with one attached hydrogen (secondary N) is 1. The number of ether oxygens (including phenoxy) is 2. The van der Waals surface area contributed by atoms with Gasteiger partial charge in [0.2, 0.25) is 0 Å². The highest BCUT2D eigenvalue weighted by atomic mass is 16.5. The monoisotopic (exact) mass is 366 g/mol. The van der Waals surface area contributed by atoms with Gasteiger partial charge in [0.25, 0.3) is 0 Å². The summed E-state index contributed by atoms with van der Waals surface area (Å²) < 4.78 is 11.1. The van der Waals surface area contributed by atoms with Gasteiger partial charge in [-0.25, -0.2) is 4.98 Å². The average molecular weight is 366 g/mol. The van der Waals surface area contributed by atoms with E-state index in [9.17, 15) is 5.21 Å². The van der Waals surface area contributed by atoms with Gasteiger partial charge >= 0.3 is 0 Å². The standard InChI is InChI=1S/C18H18N6O3/c1-26-14-8-7-11(9-15(14)27-2)10-21-23-17(19)16-18(20)24(25)13-6-4-3-5-12(13)22-16/h3-10,20,25H,1-2H3,(H2,19,23)/b20-18?,21-10+. The van der Waals surface area contributed by atoms with Crippen molar-refractivity contribution in [1.82, 2.24) is 9.71 Å². The van der Waals surface area contributed by atoms with Gasteiger partial charge in [-0.2, -0.15) is 9.83 Å². The molecule has 0 fully saturated rings. The van der Waals surface area contributed by atoms with Crippen LogP contribution >= 0.6 is 0 Å². The molecule has 2 aromatic carbocycles. The Bertz CT molecular complexity index is 1100. The Morgan fingerprint density at radius 2 is 1.93 bits per heavy atom. The molecule has 4 N–H and O–H groups in total. The van der Waals surface area contributed by atoms with Gasteiger partial charge in [-0.05, 0) is 35.9 Å². The molecule has 138 valence electrons. The summed E-state index contributed by atoms with van der Waals surface area (Å²) >= 11 is 0. The van der Waals surface area contributed by atoms with Crippen LogP contribution in [0, 0.1) is 5.41 Å². The van der Waals surface area contributed by atoms with E-state index in [2.05, 4.69) is 15.2 Å². The molecule has 1 aromatic heterocycles. The van der Waals surface area contributed by atoms with Gasteiger partial charge in [-0.15, -0.1) is 5.10 Å². The molecule has 0 aliphatic heterocycles. The van der Waals surface area contributed by atoms with Crippen LogP contribution in [0.2, 0.25) is 0 Å². The van der Waals surface area contributed by atoms with Crippen LogP contribution in [0.3, 0.4) is 0 Å². The topological polar surface area (TPSA) is 131 Å². The number of hydrogen-bond donors (Lipinski definition) is 3. The van der Waals surface area contributed by atoms with Gasteiger partial charge in [0.1, 0.15) is 5.52 Å². The van der Waals surface area contributed by atoms with Crippen molar-refractivity contribution in [2.24, 2.45) is 15.9 Å². The molecule has 0 aliphatic rings. The predicted molar refractivity (Wildman–Crippen MR) is 101 cm³/mol. The van der Waals surface area contributed by atoms with E-state index in [1.54, 1.807) is 56.7 Å². The largest absolute Gasteiger partial charge is 0.493 e. The van der Waals surface area contributed by atoms with Gasteiger partial charge in [-0.1, -0.05) is 12.1 Å². The molecule has 0 saturated carbocycles. The number of amidine groups is 1. The summed E-state index contributed by atoms with van der Waals surface area (Å²) in [6, 6.07) is 12.1. The van der Waals surface area contributed by atoms with Crippen molar-refractivity contribution in [1.29, 1.82) is 5.41 Å². The van der Waals surface area contributed by atoms with Crippen molar-refractivity contribution in [3.05, 3.63) is 59.2 Å². The SMILES string of the molecule is COc1ccc(/C=N/N=C(/N)c2nc3ccccc3n(O)c2=N)cc1OC. The lowest BCUT2D eigenvalue weighted by atomic mass is 10.2. The van der Waals surface area contributed by atoms with E-state index in [-0.39, 0.29) is 17.0 Å². The molecule has 1 heterocycles. The lowest BCUT2D eigenvalue weighted by Gasteiger charge is -2.07. The zero-order chi connectivity index (χ0) is 19.4. The zero-order valence-corrected chi connectivity index (χ0v) is 14.7. The normalized spacial score (nSPS) is 11.9. The number of para-hydroxylation sites is 2. The molecule has 0 bridgehead atoms. The maximum Gasteiger partial charge on any atom is 0.191 e. The minimum atomic E-state index is -0.281. The van der Waals surface area contributed by atoms with E-state index in [0.717, 1.165) is 5.56 Å². The third-order valence-electron chi connectivity index (χ3n) is 3.80. The van der Waals surface area contributed by atoms with Gasteiger partial charge in [-0.3, -0.25) is 5.41 Å². The molecule has 3 aromatic rings. The molecule has 0 saturated heterocycles. The third kappa shape index (κ3) is 3.56. The van der Waals surface area contributed by atoms with Crippen LogP contribution in [0.5, 0.6) is 11.5 Å². The van der Waals surface area contributed by atoms with Crippen molar-refractivity contribution in [2.45, 2.75) is 0 Å². The molecular formula is C18H18N6O3. The van der Waals surface area contributed by atoms with Crippen molar-refractivity contribution < 1.29 is 14.7 Å². The molecule has 9 heteroatoms. The van der Waals surface area contributed by atoms with Crippen LogP contribution in [0.25, 0.3) is 11.0 Å². The Morgan fingerprint density at radius 1 is 1.19 bits per heavy atom. The number of nitrogens with two attached hydrogens (primary N) is 1. The first-order chi connectivity index (χ1) is 13.0. The van der Waals surface area contributed by atoms with Crippen LogP contribution in [-0.4, -0.2) is 41.2 Å². The fourth-order valence-electron chi connectivity index (χ4n) is 2.45. The Morgan fingerprint density at radius 3 is 2.67 bits per heavy atom. The second-order valence-corrected chi connectivity index (χ2v) is 5.45.